The minimum absolute atomic E-state index is 0.0830. The number of non-ortho nitro benzene ring substituents is 1. The molecular formula is C18H17ClN4O6. The maximum Gasteiger partial charge on any atom is 0.271 e. The number of nitro groups is 1. The summed E-state index contributed by atoms with van der Waals surface area (Å²) in [5, 5.41) is 14.8. The van der Waals surface area contributed by atoms with Crippen LogP contribution in [0.15, 0.2) is 41.5 Å². The summed E-state index contributed by atoms with van der Waals surface area (Å²) < 4.78 is 10.7. The summed E-state index contributed by atoms with van der Waals surface area (Å²) in [5.41, 5.74) is 7.69. The fraction of sp³-hybridized carbons (Fsp3) is 0.167. The van der Waals surface area contributed by atoms with Gasteiger partial charge in [0.2, 0.25) is 0 Å². The second-order valence-electron chi connectivity index (χ2n) is 5.52. The average Bonchev–Trinajstić information content (AvgIpc) is 2.67. The molecule has 2 amide bonds. The molecule has 0 aromatic heterocycles. The number of nitrogens with one attached hydrogen (secondary N) is 1. The lowest BCUT2D eigenvalue weighted by Gasteiger charge is -2.13. The van der Waals surface area contributed by atoms with Crippen molar-refractivity contribution in [2.75, 3.05) is 13.2 Å². The van der Waals surface area contributed by atoms with E-state index in [9.17, 15) is 19.7 Å². The number of hydrazone groups is 1. The molecule has 0 atom stereocenters. The van der Waals surface area contributed by atoms with E-state index in [1.165, 1.54) is 30.5 Å². The quantitative estimate of drug-likeness (QED) is 0.361. The first-order valence-electron chi connectivity index (χ1n) is 8.27. The molecule has 0 fully saturated rings. The predicted octanol–water partition coefficient (Wildman–Crippen LogP) is 2.27. The lowest BCUT2D eigenvalue weighted by molar-refractivity contribution is -0.384. The van der Waals surface area contributed by atoms with Crippen LogP contribution in [0, 0.1) is 10.1 Å². The fourth-order valence-electron chi connectivity index (χ4n) is 2.20. The van der Waals surface area contributed by atoms with Gasteiger partial charge in [-0.1, -0.05) is 17.7 Å². The van der Waals surface area contributed by atoms with Crippen molar-refractivity contribution in [2.24, 2.45) is 10.8 Å². The topological polar surface area (TPSA) is 146 Å². The fourth-order valence-corrected chi connectivity index (χ4v) is 2.47. The summed E-state index contributed by atoms with van der Waals surface area (Å²) in [6.07, 6.45) is 1.31. The van der Waals surface area contributed by atoms with Crippen molar-refractivity contribution in [3.05, 3.63) is 62.7 Å². The van der Waals surface area contributed by atoms with Crippen LogP contribution in [0.25, 0.3) is 0 Å². The van der Waals surface area contributed by atoms with E-state index >= 15 is 0 Å². The third-order valence-electron chi connectivity index (χ3n) is 3.39. The van der Waals surface area contributed by atoms with Crippen LogP contribution in [-0.2, 0) is 4.79 Å². The molecule has 0 bridgehead atoms. The van der Waals surface area contributed by atoms with Gasteiger partial charge in [-0.2, -0.15) is 5.10 Å². The normalized spacial score (nSPS) is 10.6. The smallest absolute Gasteiger partial charge is 0.271 e. The minimum Gasteiger partial charge on any atom is -0.490 e. The number of amides is 2. The number of hydrogen-bond acceptors (Lipinski definition) is 7. The highest BCUT2D eigenvalue weighted by atomic mass is 35.5. The van der Waals surface area contributed by atoms with Gasteiger partial charge in [-0.3, -0.25) is 19.7 Å². The van der Waals surface area contributed by atoms with Crippen LogP contribution in [0.1, 0.15) is 22.8 Å². The Morgan fingerprint density at radius 2 is 2.07 bits per heavy atom. The van der Waals surface area contributed by atoms with Crippen molar-refractivity contribution in [1.82, 2.24) is 5.43 Å². The molecule has 0 saturated carbocycles. The lowest BCUT2D eigenvalue weighted by atomic mass is 10.2. The maximum atomic E-state index is 12.1. The van der Waals surface area contributed by atoms with Crippen molar-refractivity contribution in [3.8, 4) is 11.5 Å². The van der Waals surface area contributed by atoms with Gasteiger partial charge in [-0.05, 0) is 30.7 Å². The number of carbonyl (C=O) groups is 2. The van der Waals surface area contributed by atoms with E-state index in [0.717, 1.165) is 6.07 Å². The molecule has 3 N–H and O–H groups in total. The van der Waals surface area contributed by atoms with Gasteiger partial charge in [0.1, 0.15) is 0 Å². The van der Waals surface area contributed by atoms with Gasteiger partial charge in [-0.15, -0.1) is 0 Å². The average molecular weight is 421 g/mol. The van der Waals surface area contributed by atoms with Crippen LogP contribution in [0.4, 0.5) is 5.69 Å². The molecule has 11 heteroatoms. The van der Waals surface area contributed by atoms with E-state index in [4.69, 9.17) is 26.8 Å². The van der Waals surface area contributed by atoms with Gasteiger partial charge >= 0.3 is 0 Å². The molecule has 2 rings (SSSR count). The molecule has 2 aromatic carbocycles. The Morgan fingerprint density at radius 3 is 2.72 bits per heavy atom. The summed E-state index contributed by atoms with van der Waals surface area (Å²) in [5.74, 6) is -0.863. The number of nitro benzene ring substituents is 1. The van der Waals surface area contributed by atoms with Crippen LogP contribution in [0.3, 0.4) is 0 Å². The van der Waals surface area contributed by atoms with Crippen LogP contribution >= 0.6 is 11.6 Å². The highest BCUT2D eigenvalue weighted by Gasteiger charge is 2.14. The molecule has 152 valence electrons. The summed E-state index contributed by atoms with van der Waals surface area (Å²) in [6.45, 7) is 1.70. The summed E-state index contributed by atoms with van der Waals surface area (Å²) >= 11 is 6.17. The Bertz CT molecular complexity index is 963. The molecular weight excluding hydrogens is 404 g/mol. The van der Waals surface area contributed by atoms with E-state index in [-0.39, 0.29) is 34.4 Å². The van der Waals surface area contributed by atoms with Crippen molar-refractivity contribution in [1.29, 1.82) is 0 Å². The standard InChI is InChI=1S/C18H17ClN4O6/c1-2-28-15-7-11(6-14(19)17(15)29-10-16(20)24)9-21-22-18(25)12-4-3-5-13(8-12)23(26)27/h3-9H,2,10H2,1H3,(H2,20,24)(H,22,25)/b21-9+. The summed E-state index contributed by atoms with van der Waals surface area (Å²) in [6, 6.07) is 8.28. The summed E-state index contributed by atoms with van der Waals surface area (Å²) in [7, 11) is 0. The van der Waals surface area contributed by atoms with E-state index in [0.29, 0.717) is 12.2 Å². The highest BCUT2D eigenvalue weighted by molar-refractivity contribution is 6.32. The summed E-state index contributed by atoms with van der Waals surface area (Å²) in [4.78, 5) is 33.2. The number of carbonyl (C=O) groups excluding carboxylic acids is 2. The van der Waals surface area contributed by atoms with Crippen LogP contribution in [0.5, 0.6) is 11.5 Å². The van der Waals surface area contributed by atoms with Crippen molar-refractivity contribution in [2.45, 2.75) is 6.92 Å². The van der Waals surface area contributed by atoms with Crippen molar-refractivity contribution in [3.63, 3.8) is 0 Å². The molecule has 0 saturated heterocycles. The number of nitrogens with zero attached hydrogens (tertiary/aromatic N) is 2. The Balaban J connectivity index is 2.15. The largest absolute Gasteiger partial charge is 0.490 e. The molecule has 2 aromatic rings. The van der Waals surface area contributed by atoms with Gasteiger partial charge in [0, 0.05) is 17.7 Å². The third kappa shape index (κ3) is 6.18. The highest BCUT2D eigenvalue weighted by Crippen LogP contribution is 2.36. The Morgan fingerprint density at radius 1 is 1.31 bits per heavy atom. The van der Waals surface area contributed by atoms with E-state index < -0.39 is 16.7 Å². The third-order valence-corrected chi connectivity index (χ3v) is 3.67. The van der Waals surface area contributed by atoms with Crippen molar-refractivity contribution >= 4 is 35.3 Å². The predicted molar refractivity (Wildman–Crippen MR) is 105 cm³/mol. The van der Waals surface area contributed by atoms with Gasteiger partial charge < -0.3 is 15.2 Å². The van der Waals surface area contributed by atoms with E-state index in [1.807, 2.05) is 0 Å². The van der Waals surface area contributed by atoms with E-state index in [2.05, 4.69) is 10.5 Å². The molecule has 0 spiro atoms. The Hall–Kier alpha value is -3.66. The zero-order chi connectivity index (χ0) is 21.4. The van der Waals surface area contributed by atoms with Gasteiger partial charge in [0.15, 0.2) is 18.1 Å². The monoisotopic (exact) mass is 420 g/mol. The molecule has 0 heterocycles. The van der Waals surface area contributed by atoms with Crippen LogP contribution < -0.4 is 20.6 Å². The molecule has 10 nitrogen and oxygen atoms in total. The molecule has 0 unspecified atom stereocenters. The minimum atomic E-state index is -0.669. The molecule has 0 radical (unpaired) electrons. The number of benzene rings is 2. The number of rotatable bonds is 9. The van der Waals surface area contributed by atoms with Crippen molar-refractivity contribution < 1.29 is 24.0 Å². The van der Waals surface area contributed by atoms with Gasteiger partial charge in [0.05, 0.1) is 22.8 Å². The first-order chi connectivity index (χ1) is 13.8. The molecule has 0 aliphatic heterocycles. The molecule has 0 aliphatic rings. The zero-order valence-corrected chi connectivity index (χ0v) is 16.0. The Labute approximate surface area is 170 Å². The van der Waals surface area contributed by atoms with Crippen LogP contribution in [0.2, 0.25) is 5.02 Å². The molecule has 0 aliphatic carbocycles. The lowest BCUT2D eigenvalue weighted by Crippen LogP contribution is -2.20. The number of halogens is 1. The second kappa shape index (κ2) is 10.0. The number of hydrogen-bond donors (Lipinski definition) is 2. The van der Waals surface area contributed by atoms with E-state index in [1.54, 1.807) is 13.0 Å². The first-order valence-corrected chi connectivity index (χ1v) is 8.65. The maximum absolute atomic E-state index is 12.1. The number of nitrogens with two attached hydrogens (primary N) is 1. The van der Waals surface area contributed by atoms with Crippen LogP contribution in [-0.4, -0.2) is 36.2 Å². The molecule has 29 heavy (non-hydrogen) atoms. The number of ether oxygens (including phenoxy) is 2. The number of primary amides is 1. The Kier molecular flexibility index (Phi) is 7.49. The second-order valence-corrected chi connectivity index (χ2v) is 5.93. The SMILES string of the molecule is CCOc1cc(/C=N/NC(=O)c2cccc([N+](=O)[O-])c2)cc(Cl)c1OCC(N)=O. The van der Waals surface area contributed by atoms with Gasteiger partial charge in [-0.25, -0.2) is 5.43 Å². The van der Waals surface area contributed by atoms with Gasteiger partial charge in [0.25, 0.3) is 17.5 Å². The first kappa shape index (κ1) is 21.6. The zero-order valence-electron chi connectivity index (χ0n) is 15.3.